The molecule has 2 nitrogen and oxygen atoms in total. The monoisotopic (exact) mass is 286 g/mol. The Morgan fingerprint density at radius 1 is 0.636 bits per heavy atom. The summed E-state index contributed by atoms with van der Waals surface area (Å²) >= 11 is 0. The van der Waals surface area contributed by atoms with E-state index in [0.29, 0.717) is 0 Å². The van der Waals surface area contributed by atoms with Crippen LogP contribution in [0.3, 0.4) is 0 Å². The molecule has 0 saturated heterocycles. The third kappa shape index (κ3) is 3.11. The van der Waals surface area contributed by atoms with E-state index in [2.05, 4.69) is 11.8 Å². The second-order valence-corrected chi connectivity index (χ2v) is 4.89. The van der Waals surface area contributed by atoms with Crippen LogP contribution in [-0.2, 0) is 0 Å². The number of hydrogen-bond acceptors (Lipinski definition) is 2. The second kappa shape index (κ2) is 6.07. The lowest BCUT2D eigenvalue weighted by Gasteiger charge is -2.06. The van der Waals surface area contributed by atoms with Crippen molar-refractivity contribution in [3.8, 4) is 34.5 Å². The molecule has 3 aromatic rings. The fourth-order valence-corrected chi connectivity index (χ4v) is 2.19. The number of phenols is 2. The smallest absolute Gasteiger partial charge is 0.116 e. The van der Waals surface area contributed by atoms with Gasteiger partial charge < -0.3 is 10.2 Å². The molecule has 3 rings (SSSR count). The van der Waals surface area contributed by atoms with Crippen LogP contribution in [0.4, 0.5) is 0 Å². The Kier molecular flexibility index (Phi) is 3.80. The number of phenolic OH excluding ortho intramolecular Hbond substituents is 2. The van der Waals surface area contributed by atoms with E-state index in [0.717, 1.165) is 22.3 Å². The lowest BCUT2D eigenvalue weighted by molar-refractivity contribution is 0.474. The lowest BCUT2D eigenvalue weighted by Crippen LogP contribution is -1.85. The number of aromatic hydroxyl groups is 2. The Hall–Kier alpha value is -3.18. The highest BCUT2D eigenvalue weighted by atomic mass is 16.3. The first-order valence-electron chi connectivity index (χ1n) is 6.92. The summed E-state index contributed by atoms with van der Waals surface area (Å²) in [6.07, 6.45) is 0. The Morgan fingerprint density at radius 2 is 1.32 bits per heavy atom. The van der Waals surface area contributed by atoms with Gasteiger partial charge in [0, 0.05) is 11.1 Å². The van der Waals surface area contributed by atoms with Crippen molar-refractivity contribution in [2.75, 3.05) is 0 Å². The summed E-state index contributed by atoms with van der Waals surface area (Å²) in [6, 6.07) is 21.7. The van der Waals surface area contributed by atoms with Crippen LogP contribution in [0.15, 0.2) is 72.8 Å². The van der Waals surface area contributed by atoms with E-state index in [1.54, 1.807) is 24.3 Å². The molecule has 0 atom stereocenters. The summed E-state index contributed by atoms with van der Waals surface area (Å²) in [5, 5.41) is 19.1. The van der Waals surface area contributed by atoms with Crippen molar-refractivity contribution in [1.29, 1.82) is 0 Å². The van der Waals surface area contributed by atoms with Crippen LogP contribution in [0.2, 0.25) is 0 Å². The molecule has 0 aliphatic heterocycles. The maximum atomic E-state index is 9.72. The molecule has 2 heteroatoms. The van der Waals surface area contributed by atoms with Crippen molar-refractivity contribution in [2.45, 2.75) is 0 Å². The zero-order valence-corrected chi connectivity index (χ0v) is 11.8. The summed E-state index contributed by atoms with van der Waals surface area (Å²) in [5.41, 5.74) is 3.52. The van der Waals surface area contributed by atoms with Crippen LogP contribution in [0, 0.1) is 11.8 Å². The van der Waals surface area contributed by atoms with Gasteiger partial charge in [-0.25, -0.2) is 0 Å². The quantitative estimate of drug-likeness (QED) is 0.659. The summed E-state index contributed by atoms with van der Waals surface area (Å²) in [7, 11) is 0. The molecule has 0 aromatic heterocycles. The first-order valence-corrected chi connectivity index (χ1v) is 6.92. The summed E-state index contributed by atoms with van der Waals surface area (Å²) in [6.45, 7) is 0. The predicted molar refractivity (Wildman–Crippen MR) is 87.6 cm³/mol. The van der Waals surface area contributed by atoms with Gasteiger partial charge in [-0.2, -0.15) is 0 Å². The van der Waals surface area contributed by atoms with Crippen molar-refractivity contribution >= 4 is 0 Å². The van der Waals surface area contributed by atoms with Crippen LogP contribution in [0.1, 0.15) is 11.1 Å². The zero-order chi connectivity index (χ0) is 15.4. The number of rotatable bonds is 1. The summed E-state index contributed by atoms with van der Waals surface area (Å²) in [5.74, 6) is 6.61. The molecule has 106 valence electrons. The Balaban J connectivity index is 2.06. The Morgan fingerprint density at radius 3 is 2.05 bits per heavy atom. The molecule has 0 heterocycles. The molecule has 0 aliphatic rings. The minimum Gasteiger partial charge on any atom is -0.508 e. The van der Waals surface area contributed by atoms with Crippen molar-refractivity contribution in [3.05, 3.63) is 83.9 Å². The van der Waals surface area contributed by atoms with Gasteiger partial charge in [0.25, 0.3) is 0 Å². The van der Waals surface area contributed by atoms with Gasteiger partial charge in [-0.1, -0.05) is 42.2 Å². The van der Waals surface area contributed by atoms with Gasteiger partial charge in [0.2, 0.25) is 0 Å². The zero-order valence-electron chi connectivity index (χ0n) is 11.8. The SMILES string of the molecule is Oc1ccc(-c2ccc(O)cc2C#Cc2ccccc2)cc1. The standard InChI is InChI=1S/C20H14O2/c21-18-10-8-16(9-11-18)20-13-12-19(22)14-17(20)7-6-15-4-2-1-3-5-15/h1-5,8-14,21-22H. The highest BCUT2D eigenvalue weighted by Gasteiger charge is 2.05. The second-order valence-electron chi connectivity index (χ2n) is 4.89. The van der Waals surface area contributed by atoms with Crippen LogP contribution < -0.4 is 0 Å². The topological polar surface area (TPSA) is 40.5 Å². The van der Waals surface area contributed by atoms with E-state index in [-0.39, 0.29) is 11.5 Å². The molecule has 0 bridgehead atoms. The van der Waals surface area contributed by atoms with Crippen molar-refractivity contribution in [1.82, 2.24) is 0 Å². The molecule has 22 heavy (non-hydrogen) atoms. The van der Waals surface area contributed by atoms with Crippen molar-refractivity contribution in [3.63, 3.8) is 0 Å². The maximum Gasteiger partial charge on any atom is 0.116 e. The summed E-state index contributed by atoms with van der Waals surface area (Å²) < 4.78 is 0. The van der Waals surface area contributed by atoms with Crippen LogP contribution in [0.25, 0.3) is 11.1 Å². The highest BCUT2D eigenvalue weighted by molar-refractivity contribution is 5.73. The maximum absolute atomic E-state index is 9.72. The van der Waals surface area contributed by atoms with Gasteiger partial charge in [0.15, 0.2) is 0 Å². The molecule has 0 spiro atoms. The van der Waals surface area contributed by atoms with E-state index >= 15 is 0 Å². The number of hydrogen-bond donors (Lipinski definition) is 2. The average Bonchev–Trinajstić information content (AvgIpc) is 2.55. The van der Waals surface area contributed by atoms with Gasteiger partial charge in [0.05, 0.1) is 0 Å². The third-order valence-electron chi connectivity index (χ3n) is 3.30. The van der Waals surface area contributed by atoms with E-state index < -0.39 is 0 Å². The molecule has 0 amide bonds. The molecule has 3 aromatic carbocycles. The van der Waals surface area contributed by atoms with Gasteiger partial charge in [-0.3, -0.25) is 0 Å². The number of benzene rings is 3. The van der Waals surface area contributed by atoms with E-state index in [1.807, 2.05) is 48.5 Å². The van der Waals surface area contributed by atoms with Gasteiger partial charge in [0.1, 0.15) is 11.5 Å². The largest absolute Gasteiger partial charge is 0.508 e. The normalized spacial score (nSPS) is 9.82. The first kappa shape index (κ1) is 13.8. The molecule has 0 fully saturated rings. The van der Waals surface area contributed by atoms with E-state index in [4.69, 9.17) is 0 Å². The summed E-state index contributed by atoms with van der Waals surface area (Å²) in [4.78, 5) is 0. The fraction of sp³-hybridized carbons (Fsp3) is 0. The Bertz CT molecular complexity index is 838. The molecule has 0 saturated carbocycles. The van der Waals surface area contributed by atoms with Crippen LogP contribution in [-0.4, -0.2) is 10.2 Å². The first-order chi connectivity index (χ1) is 10.7. The minimum absolute atomic E-state index is 0.180. The Labute approximate surface area is 129 Å². The highest BCUT2D eigenvalue weighted by Crippen LogP contribution is 2.27. The average molecular weight is 286 g/mol. The minimum atomic E-state index is 0.180. The molecule has 2 N–H and O–H groups in total. The third-order valence-corrected chi connectivity index (χ3v) is 3.30. The van der Waals surface area contributed by atoms with Gasteiger partial charge in [-0.05, 0) is 53.6 Å². The fourth-order valence-electron chi connectivity index (χ4n) is 2.19. The molecule has 0 radical (unpaired) electrons. The molecule has 0 unspecified atom stereocenters. The van der Waals surface area contributed by atoms with Crippen molar-refractivity contribution < 1.29 is 10.2 Å². The lowest BCUT2D eigenvalue weighted by atomic mass is 9.99. The van der Waals surface area contributed by atoms with Gasteiger partial charge >= 0.3 is 0 Å². The molecule has 0 aliphatic carbocycles. The van der Waals surface area contributed by atoms with Crippen LogP contribution >= 0.6 is 0 Å². The molecular formula is C20H14O2. The molecular weight excluding hydrogens is 272 g/mol. The van der Waals surface area contributed by atoms with E-state index in [1.165, 1.54) is 0 Å². The van der Waals surface area contributed by atoms with Crippen LogP contribution in [0.5, 0.6) is 11.5 Å². The van der Waals surface area contributed by atoms with E-state index in [9.17, 15) is 10.2 Å². The van der Waals surface area contributed by atoms with Crippen molar-refractivity contribution in [2.24, 2.45) is 0 Å². The predicted octanol–water partition coefficient (Wildman–Crippen LogP) is 4.16. The van der Waals surface area contributed by atoms with Gasteiger partial charge in [-0.15, -0.1) is 0 Å².